The van der Waals surface area contributed by atoms with Crippen LogP contribution in [0.15, 0.2) is 48.5 Å². The lowest BCUT2D eigenvalue weighted by Crippen LogP contribution is -2.28. The van der Waals surface area contributed by atoms with Gasteiger partial charge in [-0.3, -0.25) is 4.79 Å². The van der Waals surface area contributed by atoms with Crippen LogP contribution in [0.5, 0.6) is 5.75 Å². The molecular formula is C21H25ClN2O2. The molecule has 3 rings (SSSR count). The summed E-state index contributed by atoms with van der Waals surface area (Å²) in [4.78, 5) is 13.6. The summed E-state index contributed by atoms with van der Waals surface area (Å²) in [6, 6.07) is 15.8. The van der Waals surface area contributed by atoms with Gasteiger partial charge in [-0.2, -0.15) is 0 Å². The van der Waals surface area contributed by atoms with Crippen molar-refractivity contribution in [1.29, 1.82) is 0 Å². The van der Waals surface area contributed by atoms with Crippen LogP contribution in [0, 0.1) is 0 Å². The van der Waals surface area contributed by atoms with Crippen LogP contribution in [0.4, 0.5) is 0 Å². The number of nitrogens with one attached hydrogen (secondary N) is 1. The molecule has 0 atom stereocenters. The van der Waals surface area contributed by atoms with Crippen LogP contribution < -0.4 is 10.1 Å². The molecule has 1 aliphatic rings. The van der Waals surface area contributed by atoms with Crippen LogP contribution in [0.2, 0.25) is 5.02 Å². The highest BCUT2D eigenvalue weighted by molar-refractivity contribution is 6.30. The molecule has 0 spiro atoms. The van der Waals surface area contributed by atoms with Gasteiger partial charge in [0.15, 0.2) is 0 Å². The van der Waals surface area contributed by atoms with E-state index in [0.717, 1.165) is 60.9 Å². The molecule has 1 fully saturated rings. The maximum absolute atomic E-state index is 11.6. The Morgan fingerprint density at radius 3 is 2.85 bits per heavy atom. The first-order valence-electron chi connectivity index (χ1n) is 9.16. The minimum Gasteiger partial charge on any atom is -0.489 e. The summed E-state index contributed by atoms with van der Waals surface area (Å²) in [6.07, 6.45) is 2.69. The summed E-state index contributed by atoms with van der Waals surface area (Å²) in [7, 11) is 0. The second-order valence-corrected chi connectivity index (χ2v) is 6.98. The van der Waals surface area contributed by atoms with E-state index >= 15 is 0 Å². The number of hydrogen-bond donors (Lipinski definition) is 1. The summed E-state index contributed by atoms with van der Waals surface area (Å²) < 4.78 is 5.98. The lowest BCUT2D eigenvalue weighted by Gasteiger charge is -2.16. The fourth-order valence-electron chi connectivity index (χ4n) is 3.14. The molecule has 1 heterocycles. The zero-order valence-electron chi connectivity index (χ0n) is 14.9. The smallest absolute Gasteiger partial charge is 0.222 e. The van der Waals surface area contributed by atoms with Gasteiger partial charge in [-0.25, -0.2) is 0 Å². The number of benzene rings is 2. The van der Waals surface area contributed by atoms with Crippen LogP contribution >= 0.6 is 11.6 Å². The van der Waals surface area contributed by atoms with Crippen LogP contribution in [-0.4, -0.2) is 30.4 Å². The maximum atomic E-state index is 11.6. The molecule has 2 aromatic rings. The first-order valence-corrected chi connectivity index (χ1v) is 9.54. The molecule has 138 valence electrons. The number of ether oxygens (including phenoxy) is 1. The summed E-state index contributed by atoms with van der Waals surface area (Å²) in [6.45, 7) is 3.89. The van der Waals surface area contributed by atoms with Crippen molar-refractivity contribution >= 4 is 17.5 Å². The number of para-hydroxylation sites is 1. The third-order valence-electron chi connectivity index (χ3n) is 4.52. The molecule has 0 aromatic heterocycles. The Balaban J connectivity index is 1.44. The van der Waals surface area contributed by atoms with E-state index in [2.05, 4.69) is 11.4 Å². The van der Waals surface area contributed by atoms with Gasteiger partial charge in [0, 0.05) is 36.6 Å². The van der Waals surface area contributed by atoms with Gasteiger partial charge in [-0.1, -0.05) is 41.9 Å². The molecular weight excluding hydrogens is 348 g/mol. The molecule has 4 nitrogen and oxygen atoms in total. The lowest BCUT2D eigenvalue weighted by atomic mass is 10.2. The minimum atomic E-state index is 0.296. The quantitative estimate of drug-likeness (QED) is 0.676. The van der Waals surface area contributed by atoms with E-state index in [0.29, 0.717) is 18.9 Å². The topological polar surface area (TPSA) is 41.6 Å². The van der Waals surface area contributed by atoms with Gasteiger partial charge in [0.25, 0.3) is 0 Å². The fraction of sp³-hybridized carbons (Fsp3) is 0.381. The second-order valence-electron chi connectivity index (χ2n) is 6.54. The molecule has 2 aromatic carbocycles. The van der Waals surface area contributed by atoms with Gasteiger partial charge >= 0.3 is 0 Å². The summed E-state index contributed by atoms with van der Waals surface area (Å²) in [5.74, 6) is 1.18. The average Bonchev–Trinajstić information content (AvgIpc) is 3.05. The highest BCUT2D eigenvalue weighted by atomic mass is 35.5. The molecule has 5 heteroatoms. The van der Waals surface area contributed by atoms with Crippen molar-refractivity contribution in [2.24, 2.45) is 0 Å². The van der Waals surface area contributed by atoms with Gasteiger partial charge in [0.05, 0.1) is 0 Å². The Hall–Kier alpha value is -2.04. The monoisotopic (exact) mass is 372 g/mol. The van der Waals surface area contributed by atoms with Crippen LogP contribution in [-0.2, 0) is 17.9 Å². The number of amides is 1. The largest absolute Gasteiger partial charge is 0.489 e. The summed E-state index contributed by atoms with van der Waals surface area (Å²) >= 11 is 6.02. The number of hydrogen-bond acceptors (Lipinski definition) is 3. The lowest BCUT2D eigenvalue weighted by molar-refractivity contribution is -0.127. The molecule has 1 amide bonds. The molecule has 26 heavy (non-hydrogen) atoms. The van der Waals surface area contributed by atoms with Gasteiger partial charge in [0.1, 0.15) is 12.4 Å². The molecule has 1 N–H and O–H groups in total. The number of likely N-dealkylation sites (tertiary alicyclic amines) is 1. The Morgan fingerprint density at radius 2 is 2.04 bits per heavy atom. The maximum Gasteiger partial charge on any atom is 0.222 e. The predicted octanol–water partition coefficient (Wildman–Crippen LogP) is 4.02. The highest BCUT2D eigenvalue weighted by Crippen LogP contribution is 2.20. The minimum absolute atomic E-state index is 0.296. The molecule has 0 unspecified atom stereocenters. The van der Waals surface area contributed by atoms with Crippen molar-refractivity contribution in [3.05, 3.63) is 64.7 Å². The molecule has 0 bridgehead atoms. The average molecular weight is 373 g/mol. The van der Waals surface area contributed by atoms with Crippen molar-refractivity contribution in [2.75, 3.05) is 19.6 Å². The number of carbonyl (C=O) groups excluding carboxylic acids is 1. The van der Waals surface area contributed by atoms with Gasteiger partial charge in [0.2, 0.25) is 5.91 Å². The van der Waals surface area contributed by atoms with Gasteiger partial charge in [-0.15, -0.1) is 0 Å². The van der Waals surface area contributed by atoms with Crippen molar-refractivity contribution in [2.45, 2.75) is 32.4 Å². The van der Waals surface area contributed by atoms with E-state index in [9.17, 15) is 4.79 Å². The second kappa shape index (κ2) is 9.60. The van der Waals surface area contributed by atoms with Crippen molar-refractivity contribution in [3.63, 3.8) is 0 Å². The summed E-state index contributed by atoms with van der Waals surface area (Å²) in [5, 5.41) is 4.17. The summed E-state index contributed by atoms with van der Waals surface area (Å²) in [5.41, 5.74) is 2.18. The first-order chi connectivity index (χ1) is 12.7. The van der Waals surface area contributed by atoms with Crippen LogP contribution in [0.1, 0.15) is 30.4 Å². The fourth-order valence-corrected chi connectivity index (χ4v) is 3.35. The Bertz CT molecular complexity index is 735. The zero-order valence-corrected chi connectivity index (χ0v) is 15.7. The molecule has 0 saturated carbocycles. The normalized spacial score (nSPS) is 14.0. The zero-order chi connectivity index (χ0) is 18.2. The van der Waals surface area contributed by atoms with E-state index in [4.69, 9.17) is 16.3 Å². The number of halogens is 1. The predicted molar refractivity (Wildman–Crippen MR) is 104 cm³/mol. The Morgan fingerprint density at radius 1 is 1.15 bits per heavy atom. The van der Waals surface area contributed by atoms with Gasteiger partial charge in [-0.05, 0) is 43.1 Å². The van der Waals surface area contributed by atoms with Crippen molar-refractivity contribution < 1.29 is 9.53 Å². The van der Waals surface area contributed by atoms with E-state index in [1.807, 2.05) is 47.4 Å². The Kier molecular flexibility index (Phi) is 6.92. The van der Waals surface area contributed by atoms with Gasteiger partial charge < -0.3 is 15.0 Å². The van der Waals surface area contributed by atoms with Crippen LogP contribution in [0.3, 0.4) is 0 Å². The number of nitrogens with zero attached hydrogens (tertiary/aromatic N) is 1. The van der Waals surface area contributed by atoms with Crippen LogP contribution in [0.25, 0.3) is 0 Å². The third kappa shape index (κ3) is 5.48. The number of rotatable bonds is 9. The molecule has 0 radical (unpaired) electrons. The standard InChI is InChI=1S/C21H25ClN2O2/c22-19-8-3-6-17(14-19)16-26-20-9-2-1-7-18(20)15-23-11-5-13-24-12-4-10-21(24)25/h1-3,6-9,14,23H,4-5,10-13,15-16H2. The highest BCUT2D eigenvalue weighted by Gasteiger charge is 2.18. The first kappa shape index (κ1) is 18.7. The van der Waals surface area contributed by atoms with E-state index < -0.39 is 0 Å². The van der Waals surface area contributed by atoms with E-state index in [1.54, 1.807) is 0 Å². The van der Waals surface area contributed by atoms with Crippen molar-refractivity contribution in [1.82, 2.24) is 10.2 Å². The molecule has 0 aliphatic carbocycles. The molecule has 1 aliphatic heterocycles. The molecule has 1 saturated heterocycles. The third-order valence-corrected chi connectivity index (χ3v) is 4.76. The van der Waals surface area contributed by atoms with E-state index in [1.165, 1.54) is 0 Å². The number of carbonyl (C=O) groups is 1. The van der Waals surface area contributed by atoms with E-state index in [-0.39, 0.29) is 0 Å². The SMILES string of the molecule is O=C1CCCN1CCCNCc1ccccc1OCc1cccc(Cl)c1. The Labute approximate surface area is 160 Å². The van der Waals surface area contributed by atoms with Crippen molar-refractivity contribution in [3.8, 4) is 5.75 Å².